The smallest absolute Gasteiger partial charge is 0.336 e. The largest absolute Gasteiger partial charge is 0.478 e. The molecule has 122 valence electrons. The Morgan fingerprint density at radius 2 is 1.71 bits per heavy atom. The van der Waals surface area contributed by atoms with Crippen molar-refractivity contribution in [1.29, 1.82) is 0 Å². The number of rotatable bonds is 3. The first-order valence-electron chi connectivity index (χ1n) is 8.02. The zero-order chi connectivity index (χ0) is 17.5. The zero-order valence-electron chi connectivity index (χ0n) is 14.4. The van der Waals surface area contributed by atoms with Crippen molar-refractivity contribution in [2.24, 2.45) is 0 Å². The second kappa shape index (κ2) is 5.87. The fourth-order valence-corrected chi connectivity index (χ4v) is 4.14. The predicted molar refractivity (Wildman–Crippen MR) is 102 cm³/mol. The van der Waals surface area contributed by atoms with Crippen molar-refractivity contribution in [3.05, 3.63) is 59.7 Å². The van der Waals surface area contributed by atoms with E-state index in [9.17, 15) is 9.90 Å². The molecule has 0 saturated heterocycles. The van der Waals surface area contributed by atoms with E-state index in [0.29, 0.717) is 11.1 Å². The molecule has 0 aliphatic heterocycles. The van der Waals surface area contributed by atoms with Gasteiger partial charge in [0.25, 0.3) is 0 Å². The van der Waals surface area contributed by atoms with Crippen LogP contribution >= 0.6 is 0 Å². The van der Waals surface area contributed by atoms with Crippen LogP contribution in [0.3, 0.4) is 0 Å². The Morgan fingerprint density at radius 1 is 1.04 bits per heavy atom. The number of aromatic carboxylic acids is 1. The van der Waals surface area contributed by atoms with Crippen LogP contribution in [0.2, 0.25) is 19.6 Å². The summed E-state index contributed by atoms with van der Waals surface area (Å²) in [5.41, 5.74) is 3.49. The van der Waals surface area contributed by atoms with Crippen LogP contribution in [0.15, 0.2) is 48.5 Å². The van der Waals surface area contributed by atoms with Crippen LogP contribution in [0.4, 0.5) is 0 Å². The van der Waals surface area contributed by atoms with Crippen LogP contribution in [-0.2, 0) is 0 Å². The summed E-state index contributed by atoms with van der Waals surface area (Å²) in [6, 6.07) is 15.8. The lowest BCUT2D eigenvalue weighted by Crippen LogP contribution is -2.37. The number of pyridine rings is 1. The van der Waals surface area contributed by atoms with Crippen LogP contribution in [0.25, 0.3) is 22.2 Å². The number of carboxylic acid groups (broad SMARTS) is 1. The van der Waals surface area contributed by atoms with Gasteiger partial charge in [0.05, 0.1) is 24.8 Å². The molecule has 3 aromatic rings. The van der Waals surface area contributed by atoms with E-state index in [2.05, 4.69) is 25.7 Å². The molecular formula is C20H21NO2Si. The lowest BCUT2D eigenvalue weighted by molar-refractivity contribution is 0.0698. The summed E-state index contributed by atoms with van der Waals surface area (Å²) in [7, 11) is -1.52. The second-order valence-electron chi connectivity index (χ2n) is 7.11. The van der Waals surface area contributed by atoms with Crippen LogP contribution in [0, 0.1) is 6.92 Å². The molecule has 0 aliphatic carbocycles. The summed E-state index contributed by atoms with van der Waals surface area (Å²) in [5.74, 6) is -0.898. The maximum atomic E-state index is 12.0. The second-order valence-corrected chi connectivity index (χ2v) is 12.2. The summed E-state index contributed by atoms with van der Waals surface area (Å²) in [6.45, 7) is 8.62. The Balaban J connectivity index is 2.37. The summed E-state index contributed by atoms with van der Waals surface area (Å²) in [6.07, 6.45) is 0. The molecule has 1 aromatic heterocycles. The van der Waals surface area contributed by atoms with E-state index in [1.54, 1.807) is 0 Å². The summed E-state index contributed by atoms with van der Waals surface area (Å²) in [5, 5.41) is 11.8. The van der Waals surface area contributed by atoms with E-state index in [0.717, 1.165) is 22.2 Å². The molecule has 0 bridgehead atoms. The van der Waals surface area contributed by atoms with E-state index in [1.807, 2.05) is 49.4 Å². The minimum absolute atomic E-state index is 0.360. The van der Waals surface area contributed by atoms with E-state index < -0.39 is 14.0 Å². The van der Waals surface area contributed by atoms with E-state index in [-0.39, 0.29) is 0 Å². The van der Waals surface area contributed by atoms with Gasteiger partial charge >= 0.3 is 5.97 Å². The third-order valence-electron chi connectivity index (χ3n) is 4.36. The van der Waals surface area contributed by atoms with Gasteiger partial charge in [0, 0.05) is 10.9 Å². The van der Waals surface area contributed by atoms with Crippen LogP contribution in [-0.4, -0.2) is 24.1 Å². The normalized spacial score (nSPS) is 11.7. The molecule has 0 amide bonds. The Labute approximate surface area is 143 Å². The molecular weight excluding hydrogens is 314 g/mol. The quantitative estimate of drug-likeness (QED) is 0.719. The summed E-state index contributed by atoms with van der Waals surface area (Å²) >= 11 is 0. The Kier molecular flexibility index (Phi) is 4.01. The number of aromatic nitrogens is 1. The highest BCUT2D eigenvalue weighted by atomic mass is 28.3. The van der Waals surface area contributed by atoms with Gasteiger partial charge in [-0.3, -0.25) is 0 Å². The van der Waals surface area contributed by atoms with Gasteiger partial charge in [-0.05, 0) is 18.6 Å². The standard InChI is InChI=1S/C20H21NO2Si/c1-13-18(20(22)23)16-12-15(24(2,3)4)10-11-17(16)21-19(13)14-8-6-5-7-9-14/h5-12H,1-4H3,(H,22,23). The number of carboxylic acids is 1. The first-order valence-corrected chi connectivity index (χ1v) is 11.5. The van der Waals surface area contributed by atoms with Gasteiger partial charge < -0.3 is 5.11 Å². The average Bonchev–Trinajstić information content (AvgIpc) is 2.53. The molecule has 3 nitrogen and oxygen atoms in total. The lowest BCUT2D eigenvalue weighted by atomic mass is 9.98. The van der Waals surface area contributed by atoms with Crippen LogP contribution in [0.5, 0.6) is 0 Å². The number of nitrogens with zero attached hydrogens (tertiary/aromatic N) is 1. The van der Waals surface area contributed by atoms with Crippen LogP contribution in [0.1, 0.15) is 15.9 Å². The minimum atomic E-state index is -1.52. The lowest BCUT2D eigenvalue weighted by Gasteiger charge is -2.19. The monoisotopic (exact) mass is 335 g/mol. The van der Waals surface area contributed by atoms with Gasteiger partial charge in [-0.1, -0.05) is 67.3 Å². The van der Waals surface area contributed by atoms with Gasteiger partial charge in [-0.25, -0.2) is 9.78 Å². The van der Waals surface area contributed by atoms with Gasteiger partial charge in [0.2, 0.25) is 0 Å². The van der Waals surface area contributed by atoms with Crippen molar-refractivity contribution in [3.63, 3.8) is 0 Å². The first kappa shape index (κ1) is 16.4. The highest BCUT2D eigenvalue weighted by Gasteiger charge is 2.21. The molecule has 24 heavy (non-hydrogen) atoms. The van der Waals surface area contributed by atoms with Crippen molar-refractivity contribution in [1.82, 2.24) is 4.98 Å². The maximum absolute atomic E-state index is 12.0. The van der Waals surface area contributed by atoms with E-state index >= 15 is 0 Å². The first-order chi connectivity index (χ1) is 11.3. The van der Waals surface area contributed by atoms with Gasteiger partial charge in [-0.2, -0.15) is 0 Å². The number of fused-ring (bicyclic) bond motifs is 1. The Morgan fingerprint density at radius 3 is 2.29 bits per heavy atom. The van der Waals surface area contributed by atoms with Crippen LogP contribution < -0.4 is 5.19 Å². The minimum Gasteiger partial charge on any atom is -0.478 e. The topological polar surface area (TPSA) is 50.2 Å². The Hall–Kier alpha value is -2.46. The highest BCUT2D eigenvalue weighted by molar-refractivity contribution is 6.88. The van der Waals surface area contributed by atoms with Gasteiger partial charge in [-0.15, -0.1) is 0 Å². The third-order valence-corrected chi connectivity index (χ3v) is 6.40. The molecule has 4 heteroatoms. The molecule has 0 unspecified atom stereocenters. The highest BCUT2D eigenvalue weighted by Crippen LogP contribution is 2.29. The molecule has 0 spiro atoms. The molecule has 0 atom stereocenters. The number of benzene rings is 2. The number of carbonyl (C=O) groups is 1. The van der Waals surface area contributed by atoms with E-state index in [1.165, 1.54) is 5.19 Å². The zero-order valence-corrected chi connectivity index (χ0v) is 15.4. The van der Waals surface area contributed by atoms with Crippen molar-refractivity contribution >= 4 is 30.1 Å². The molecule has 3 rings (SSSR count). The number of hydrogen-bond donors (Lipinski definition) is 1. The Bertz CT molecular complexity index is 928. The molecule has 0 radical (unpaired) electrons. The van der Waals surface area contributed by atoms with Crippen molar-refractivity contribution in [3.8, 4) is 11.3 Å². The fourth-order valence-electron chi connectivity index (χ4n) is 2.98. The maximum Gasteiger partial charge on any atom is 0.336 e. The molecule has 0 saturated carbocycles. The summed E-state index contributed by atoms with van der Waals surface area (Å²) in [4.78, 5) is 16.7. The fraction of sp³-hybridized carbons (Fsp3) is 0.200. The number of hydrogen-bond acceptors (Lipinski definition) is 2. The van der Waals surface area contributed by atoms with E-state index in [4.69, 9.17) is 4.98 Å². The van der Waals surface area contributed by atoms with Crippen molar-refractivity contribution in [2.75, 3.05) is 0 Å². The van der Waals surface area contributed by atoms with Gasteiger partial charge in [0.1, 0.15) is 0 Å². The van der Waals surface area contributed by atoms with Crippen molar-refractivity contribution in [2.45, 2.75) is 26.6 Å². The van der Waals surface area contributed by atoms with Gasteiger partial charge in [0.15, 0.2) is 0 Å². The molecule has 0 fully saturated rings. The molecule has 1 N–H and O–H groups in total. The van der Waals surface area contributed by atoms with Crippen molar-refractivity contribution < 1.29 is 9.90 Å². The molecule has 1 heterocycles. The predicted octanol–water partition coefficient (Wildman–Crippen LogP) is 4.45. The average molecular weight is 335 g/mol. The molecule has 2 aromatic carbocycles. The summed E-state index contributed by atoms with van der Waals surface area (Å²) < 4.78 is 0. The third kappa shape index (κ3) is 2.85. The molecule has 0 aliphatic rings. The SMILES string of the molecule is Cc1c(-c2ccccc2)nc2ccc([Si](C)(C)C)cc2c1C(=O)O.